The third-order valence-electron chi connectivity index (χ3n) is 4.22. The molecule has 2 amide bonds. The van der Waals surface area contributed by atoms with E-state index in [0.29, 0.717) is 22.9 Å². The minimum atomic E-state index is -0.645. The van der Waals surface area contributed by atoms with E-state index in [1.54, 1.807) is 18.2 Å². The van der Waals surface area contributed by atoms with Crippen LogP contribution in [-0.4, -0.2) is 38.0 Å². The zero-order valence-corrected chi connectivity index (χ0v) is 17.1. The number of hydrogen-bond donors (Lipinski definition) is 2. The van der Waals surface area contributed by atoms with Crippen molar-refractivity contribution in [3.63, 3.8) is 0 Å². The standard InChI is InChI=1S/C22H26N2O5/c1-14(2)16-9-8-15(3)19(11-16)28-13-21(26)29-12-20(25)24-18-7-5-6-17(10-18)22(27)23-4/h5-11,14H,12-13H2,1-4H3,(H,23,27)(H,24,25). The number of rotatable bonds is 8. The first-order valence-corrected chi connectivity index (χ1v) is 9.31. The molecule has 0 heterocycles. The van der Waals surface area contributed by atoms with Gasteiger partial charge < -0.3 is 20.1 Å². The molecule has 2 N–H and O–H groups in total. The van der Waals surface area contributed by atoms with Crippen LogP contribution in [0.1, 0.15) is 41.3 Å². The normalized spacial score (nSPS) is 10.4. The highest BCUT2D eigenvalue weighted by Gasteiger charge is 2.12. The number of hydrogen-bond acceptors (Lipinski definition) is 5. The van der Waals surface area contributed by atoms with Gasteiger partial charge in [-0.05, 0) is 48.2 Å². The average Bonchev–Trinajstić information content (AvgIpc) is 2.71. The average molecular weight is 398 g/mol. The van der Waals surface area contributed by atoms with Crippen molar-refractivity contribution in [3.05, 3.63) is 59.2 Å². The quantitative estimate of drug-likeness (QED) is 0.667. The van der Waals surface area contributed by atoms with E-state index >= 15 is 0 Å². The molecule has 2 aromatic rings. The highest BCUT2D eigenvalue weighted by Crippen LogP contribution is 2.24. The Bertz CT molecular complexity index is 893. The molecule has 0 saturated carbocycles. The van der Waals surface area contributed by atoms with Crippen LogP contribution >= 0.6 is 0 Å². The predicted molar refractivity (Wildman–Crippen MR) is 110 cm³/mol. The first-order valence-electron chi connectivity index (χ1n) is 9.31. The maximum atomic E-state index is 12.0. The van der Waals surface area contributed by atoms with Crippen LogP contribution in [0.3, 0.4) is 0 Å². The van der Waals surface area contributed by atoms with E-state index in [-0.39, 0.29) is 12.5 Å². The van der Waals surface area contributed by atoms with Crippen molar-refractivity contribution in [2.75, 3.05) is 25.6 Å². The maximum Gasteiger partial charge on any atom is 0.344 e. The second kappa shape index (κ2) is 10.3. The number of carbonyl (C=O) groups is 3. The topological polar surface area (TPSA) is 93.7 Å². The summed E-state index contributed by atoms with van der Waals surface area (Å²) in [5.74, 6) is -0.459. The van der Waals surface area contributed by atoms with Gasteiger partial charge in [0.05, 0.1) is 0 Å². The van der Waals surface area contributed by atoms with E-state index in [4.69, 9.17) is 9.47 Å². The Morgan fingerprint density at radius 2 is 1.79 bits per heavy atom. The smallest absolute Gasteiger partial charge is 0.344 e. The molecule has 0 aliphatic rings. The van der Waals surface area contributed by atoms with Crippen molar-refractivity contribution in [2.45, 2.75) is 26.7 Å². The summed E-state index contributed by atoms with van der Waals surface area (Å²) in [7, 11) is 1.52. The number of nitrogens with one attached hydrogen (secondary N) is 2. The summed E-state index contributed by atoms with van der Waals surface area (Å²) >= 11 is 0. The Balaban J connectivity index is 1.83. The molecular weight excluding hydrogens is 372 g/mol. The van der Waals surface area contributed by atoms with Gasteiger partial charge in [0.2, 0.25) is 0 Å². The molecule has 0 unspecified atom stereocenters. The van der Waals surface area contributed by atoms with Crippen LogP contribution < -0.4 is 15.4 Å². The Labute approximate surface area is 170 Å². The molecule has 0 aliphatic carbocycles. The maximum absolute atomic E-state index is 12.0. The highest BCUT2D eigenvalue weighted by atomic mass is 16.6. The molecular formula is C22H26N2O5. The summed E-state index contributed by atoms with van der Waals surface area (Å²) in [5.41, 5.74) is 2.87. The predicted octanol–water partition coefficient (Wildman–Crippen LogP) is 3.04. The van der Waals surface area contributed by atoms with Gasteiger partial charge in [-0.2, -0.15) is 0 Å². The van der Waals surface area contributed by atoms with Crippen LogP contribution in [0.15, 0.2) is 42.5 Å². The van der Waals surface area contributed by atoms with Gasteiger partial charge in [0.1, 0.15) is 5.75 Å². The molecule has 0 aliphatic heterocycles. The molecule has 0 aromatic heterocycles. The van der Waals surface area contributed by atoms with Gasteiger partial charge in [-0.15, -0.1) is 0 Å². The van der Waals surface area contributed by atoms with Gasteiger partial charge in [-0.1, -0.05) is 32.0 Å². The third kappa shape index (κ3) is 6.64. The minimum absolute atomic E-state index is 0.262. The van der Waals surface area contributed by atoms with Gasteiger partial charge >= 0.3 is 5.97 Å². The lowest BCUT2D eigenvalue weighted by molar-refractivity contribution is -0.149. The molecule has 29 heavy (non-hydrogen) atoms. The number of anilines is 1. The summed E-state index contributed by atoms with van der Waals surface area (Å²) in [5, 5.41) is 5.09. The van der Waals surface area contributed by atoms with E-state index in [0.717, 1.165) is 11.1 Å². The molecule has 0 fully saturated rings. The van der Waals surface area contributed by atoms with Crippen molar-refractivity contribution in [1.82, 2.24) is 5.32 Å². The molecule has 0 spiro atoms. The molecule has 0 radical (unpaired) electrons. The van der Waals surface area contributed by atoms with Gasteiger partial charge in [-0.3, -0.25) is 9.59 Å². The van der Waals surface area contributed by atoms with Crippen LogP contribution in [-0.2, 0) is 14.3 Å². The molecule has 7 nitrogen and oxygen atoms in total. The van der Waals surface area contributed by atoms with Crippen LogP contribution in [0.5, 0.6) is 5.75 Å². The van der Waals surface area contributed by atoms with Crippen LogP contribution in [0.25, 0.3) is 0 Å². The third-order valence-corrected chi connectivity index (χ3v) is 4.22. The van der Waals surface area contributed by atoms with Gasteiger partial charge in [0, 0.05) is 18.3 Å². The monoisotopic (exact) mass is 398 g/mol. The van der Waals surface area contributed by atoms with Crippen LogP contribution in [0, 0.1) is 6.92 Å². The second-order valence-electron chi connectivity index (χ2n) is 6.84. The van der Waals surface area contributed by atoms with E-state index in [1.165, 1.54) is 13.1 Å². The van der Waals surface area contributed by atoms with Gasteiger partial charge in [0.15, 0.2) is 13.2 Å². The lowest BCUT2D eigenvalue weighted by atomic mass is 10.0. The van der Waals surface area contributed by atoms with Crippen molar-refractivity contribution >= 4 is 23.5 Å². The van der Waals surface area contributed by atoms with E-state index in [1.807, 2.05) is 25.1 Å². The molecule has 2 aromatic carbocycles. The Kier molecular flexibility index (Phi) is 7.77. The first kappa shape index (κ1) is 21.9. The Hall–Kier alpha value is -3.35. The fourth-order valence-electron chi connectivity index (χ4n) is 2.54. The molecule has 0 bridgehead atoms. The van der Waals surface area contributed by atoms with E-state index in [9.17, 15) is 14.4 Å². The largest absolute Gasteiger partial charge is 0.482 e. The fraction of sp³-hybridized carbons (Fsp3) is 0.318. The molecule has 154 valence electrons. The van der Waals surface area contributed by atoms with Crippen molar-refractivity contribution < 1.29 is 23.9 Å². The number of aryl methyl sites for hydroxylation is 1. The minimum Gasteiger partial charge on any atom is -0.482 e. The van der Waals surface area contributed by atoms with Gasteiger partial charge in [0.25, 0.3) is 11.8 Å². The molecule has 0 atom stereocenters. The second-order valence-corrected chi connectivity index (χ2v) is 6.84. The summed E-state index contributed by atoms with van der Waals surface area (Å²) in [4.78, 5) is 35.5. The van der Waals surface area contributed by atoms with E-state index in [2.05, 4.69) is 24.5 Å². The highest BCUT2D eigenvalue weighted by molar-refractivity contribution is 5.97. The fourth-order valence-corrected chi connectivity index (χ4v) is 2.54. The number of amides is 2. The zero-order valence-electron chi connectivity index (χ0n) is 17.1. The van der Waals surface area contributed by atoms with Crippen molar-refractivity contribution in [3.8, 4) is 5.75 Å². The molecule has 7 heteroatoms. The number of carbonyl (C=O) groups excluding carboxylic acids is 3. The Morgan fingerprint density at radius 3 is 2.48 bits per heavy atom. The van der Waals surface area contributed by atoms with Crippen LogP contribution in [0.4, 0.5) is 5.69 Å². The van der Waals surface area contributed by atoms with Crippen molar-refractivity contribution in [2.24, 2.45) is 0 Å². The van der Waals surface area contributed by atoms with Crippen molar-refractivity contribution in [1.29, 1.82) is 0 Å². The summed E-state index contributed by atoms with van der Waals surface area (Å²) in [6.45, 7) is 5.31. The zero-order chi connectivity index (χ0) is 21.4. The number of benzene rings is 2. The number of esters is 1. The van der Waals surface area contributed by atoms with Gasteiger partial charge in [-0.25, -0.2) is 4.79 Å². The number of ether oxygens (including phenoxy) is 2. The lowest BCUT2D eigenvalue weighted by Crippen LogP contribution is -2.24. The first-order chi connectivity index (χ1) is 13.8. The molecule has 0 saturated heterocycles. The Morgan fingerprint density at radius 1 is 1.03 bits per heavy atom. The van der Waals surface area contributed by atoms with Crippen LogP contribution in [0.2, 0.25) is 0 Å². The van der Waals surface area contributed by atoms with E-state index < -0.39 is 18.5 Å². The lowest BCUT2D eigenvalue weighted by Gasteiger charge is -2.12. The SMILES string of the molecule is CNC(=O)c1cccc(NC(=O)COC(=O)COc2cc(C(C)C)ccc2C)c1. The molecule has 2 rings (SSSR count). The summed E-state index contributed by atoms with van der Waals surface area (Å²) in [6, 6.07) is 12.3. The summed E-state index contributed by atoms with van der Waals surface area (Å²) in [6.07, 6.45) is 0. The summed E-state index contributed by atoms with van der Waals surface area (Å²) < 4.78 is 10.5.